The molecule has 0 unspecified atom stereocenters. The Morgan fingerprint density at radius 3 is 2.21 bits per heavy atom. The predicted molar refractivity (Wildman–Crippen MR) is 124 cm³/mol. The van der Waals surface area contributed by atoms with E-state index in [-0.39, 0.29) is 17.4 Å². The minimum atomic E-state index is -0.309. The third-order valence-electron chi connectivity index (χ3n) is 6.48. The van der Waals surface area contributed by atoms with E-state index in [9.17, 15) is 4.79 Å². The maximum absolute atomic E-state index is 13.1. The average Bonchev–Trinajstić information content (AvgIpc) is 3.52. The Kier molecular flexibility index (Phi) is 4.72. The summed E-state index contributed by atoms with van der Waals surface area (Å²) >= 11 is 0. The van der Waals surface area contributed by atoms with Crippen LogP contribution in [0.2, 0.25) is 0 Å². The number of hydrogen-bond acceptors (Lipinski definition) is 5. The molecule has 0 atom stereocenters. The highest BCUT2D eigenvalue weighted by Crippen LogP contribution is 2.50. The van der Waals surface area contributed by atoms with Gasteiger partial charge in [-0.3, -0.25) is 4.79 Å². The summed E-state index contributed by atoms with van der Waals surface area (Å²) in [6.07, 6.45) is 1.88. The van der Waals surface area contributed by atoms with Crippen LogP contribution >= 0.6 is 0 Å². The van der Waals surface area contributed by atoms with Crippen LogP contribution in [0, 0.1) is 0 Å². The number of likely N-dealkylation sites (tertiary alicyclic amines) is 1. The van der Waals surface area contributed by atoms with E-state index >= 15 is 0 Å². The standard InChI is InChI=1S/C27H23N3O3/c31-26(27(15-16-27)21-9-5-2-6-10-21)30-17-23(18-30)32-22-13-11-20(12-14-22)25-28-24(29-33-25)19-7-3-1-4-8-19/h1-14,23H,15-18H2. The van der Waals surface area contributed by atoms with Crippen LogP contribution in [0.1, 0.15) is 18.4 Å². The van der Waals surface area contributed by atoms with Crippen molar-refractivity contribution < 1.29 is 14.1 Å². The quantitative estimate of drug-likeness (QED) is 0.436. The van der Waals surface area contributed by atoms with Gasteiger partial charge in [-0.1, -0.05) is 65.8 Å². The Bertz CT molecular complexity index is 1260. The Morgan fingerprint density at radius 1 is 0.879 bits per heavy atom. The van der Waals surface area contributed by atoms with Gasteiger partial charge in [0.15, 0.2) is 0 Å². The van der Waals surface area contributed by atoms with Gasteiger partial charge in [-0.15, -0.1) is 0 Å². The SMILES string of the molecule is O=C(N1CC(Oc2ccc(-c3nc(-c4ccccc4)no3)cc2)C1)C1(c2ccccc2)CC1. The molecule has 2 aliphatic rings. The van der Waals surface area contributed by atoms with Gasteiger partial charge in [0.05, 0.1) is 18.5 Å². The van der Waals surface area contributed by atoms with Gasteiger partial charge < -0.3 is 14.2 Å². The minimum Gasteiger partial charge on any atom is -0.487 e. The zero-order valence-electron chi connectivity index (χ0n) is 18.1. The number of nitrogens with zero attached hydrogens (tertiary/aromatic N) is 3. The van der Waals surface area contributed by atoms with Gasteiger partial charge in [-0.2, -0.15) is 4.98 Å². The largest absolute Gasteiger partial charge is 0.487 e. The molecule has 1 aromatic heterocycles. The van der Waals surface area contributed by atoms with Crippen molar-refractivity contribution in [3.05, 3.63) is 90.5 Å². The molecule has 3 aromatic carbocycles. The fourth-order valence-electron chi connectivity index (χ4n) is 4.40. The monoisotopic (exact) mass is 437 g/mol. The zero-order chi connectivity index (χ0) is 22.3. The molecule has 1 saturated carbocycles. The van der Waals surface area contributed by atoms with E-state index in [1.54, 1.807) is 0 Å². The van der Waals surface area contributed by atoms with Crippen LogP contribution in [-0.4, -0.2) is 40.1 Å². The average molecular weight is 437 g/mol. The molecule has 0 spiro atoms. The summed E-state index contributed by atoms with van der Waals surface area (Å²) in [4.78, 5) is 19.5. The molecule has 164 valence electrons. The Morgan fingerprint density at radius 2 is 1.55 bits per heavy atom. The van der Waals surface area contributed by atoms with Gasteiger partial charge in [0.2, 0.25) is 11.7 Å². The summed E-state index contributed by atoms with van der Waals surface area (Å²) in [7, 11) is 0. The van der Waals surface area contributed by atoms with Crippen LogP contribution in [0.5, 0.6) is 5.75 Å². The number of aromatic nitrogens is 2. The highest BCUT2D eigenvalue weighted by molar-refractivity contribution is 5.92. The van der Waals surface area contributed by atoms with Crippen LogP contribution in [0.4, 0.5) is 0 Å². The lowest BCUT2D eigenvalue weighted by Crippen LogP contribution is -2.58. The molecule has 2 heterocycles. The van der Waals surface area contributed by atoms with Crippen LogP contribution < -0.4 is 4.74 Å². The predicted octanol–water partition coefficient (Wildman–Crippen LogP) is 4.73. The van der Waals surface area contributed by atoms with E-state index in [1.807, 2.05) is 77.7 Å². The molecule has 0 bridgehead atoms. The topological polar surface area (TPSA) is 68.5 Å². The number of carbonyl (C=O) groups excluding carboxylic acids is 1. The molecular formula is C27H23N3O3. The first kappa shape index (κ1) is 19.7. The number of rotatable bonds is 6. The van der Waals surface area contributed by atoms with Gasteiger partial charge in [0.1, 0.15) is 11.9 Å². The smallest absolute Gasteiger partial charge is 0.258 e. The molecule has 6 heteroatoms. The molecule has 0 radical (unpaired) electrons. The maximum atomic E-state index is 13.1. The van der Waals surface area contributed by atoms with Crippen molar-refractivity contribution in [2.75, 3.05) is 13.1 Å². The molecule has 0 N–H and O–H groups in total. The lowest BCUT2D eigenvalue weighted by molar-refractivity contribution is -0.142. The van der Waals surface area contributed by atoms with E-state index < -0.39 is 0 Å². The van der Waals surface area contributed by atoms with Crippen LogP contribution in [-0.2, 0) is 10.2 Å². The van der Waals surface area contributed by atoms with Gasteiger partial charge in [0.25, 0.3) is 5.89 Å². The maximum Gasteiger partial charge on any atom is 0.258 e. The summed E-state index contributed by atoms with van der Waals surface area (Å²) in [6.45, 7) is 1.25. The van der Waals surface area contributed by atoms with Crippen LogP contribution in [0.3, 0.4) is 0 Å². The number of carbonyl (C=O) groups is 1. The Labute approximate surface area is 191 Å². The molecule has 1 amide bonds. The fraction of sp³-hybridized carbons (Fsp3) is 0.222. The van der Waals surface area contributed by atoms with Crippen molar-refractivity contribution in [3.63, 3.8) is 0 Å². The third kappa shape index (κ3) is 3.67. The fourth-order valence-corrected chi connectivity index (χ4v) is 4.40. The number of ether oxygens (including phenoxy) is 1. The molecule has 1 aliphatic heterocycles. The molecule has 4 aromatic rings. The van der Waals surface area contributed by atoms with E-state index in [1.165, 1.54) is 0 Å². The van der Waals surface area contributed by atoms with Crippen molar-refractivity contribution in [3.8, 4) is 28.6 Å². The molecular weight excluding hydrogens is 414 g/mol. The summed E-state index contributed by atoms with van der Waals surface area (Å²) in [5, 5.41) is 4.07. The van der Waals surface area contributed by atoms with Crippen LogP contribution in [0.15, 0.2) is 89.5 Å². The lowest BCUT2D eigenvalue weighted by Gasteiger charge is -2.41. The Balaban J connectivity index is 1.06. The van der Waals surface area contributed by atoms with Gasteiger partial charge in [-0.25, -0.2) is 0 Å². The highest BCUT2D eigenvalue weighted by atomic mass is 16.5. The van der Waals surface area contributed by atoms with Gasteiger partial charge in [0, 0.05) is 11.1 Å². The first-order valence-electron chi connectivity index (χ1n) is 11.2. The summed E-state index contributed by atoms with van der Waals surface area (Å²) in [5.74, 6) is 2.03. The molecule has 33 heavy (non-hydrogen) atoms. The van der Waals surface area contributed by atoms with Crippen molar-refractivity contribution >= 4 is 5.91 Å². The summed E-state index contributed by atoms with van der Waals surface area (Å²) in [5.41, 5.74) is 2.57. The molecule has 1 aliphatic carbocycles. The highest BCUT2D eigenvalue weighted by Gasteiger charge is 2.54. The third-order valence-corrected chi connectivity index (χ3v) is 6.48. The van der Waals surface area contributed by atoms with E-state index in [4.69, 9.17) is 9.26 Å². The Hall–Kier alpha value is -3.93. The van der Waals surface area contributed by atoms with Crippen LogP contribution in [0.25, 0.3) is 22.8 Å². The van der Waals surface area contributed by atoms with E-state index in [0.29, 0.717) is 24.8 Å². The first-order chi connectivity index (χ1) is 16.2. The zero-order valence-corrected chi connectivity index (χ0v) is 18.1. The van der Waals surface area contributed by atoms with Crippen molar-refractivity contribution in [2.24, 2.45) is 0 Å². The van der Waals surface area contributed by atoms with Gasteiger partial charge in [-0.05, 0) is 42.7 Å². The summed E-state index contributed by atoms with van der Waals surface area (Å²) < 4.78 is 11.5. The molecule has 1 saturated heterocycles. The second kappa shape index (κ2) is 7.89. The number of hydrogen-bond donors (Lipinski definition) is 0. The van der Waals surface area contributed by atoms with Crippen molar-refractivity contribution in [1.29, 1.82) is 0 Å². The van der Waals surface area contributed by atoms with Crippen molar-refractivity contribution in [2.45, 2.75) is 24.4 Å². The van der Waals surface area contributed by atoms with E-state index in [0.717, 1.165) is 35.3 Å². The normalized spacial score (nSPS) is 16.8. The van der Waals surface area contributed by atoms with Gasteiger partial charge >= 0.3 is 0 Å². The molecule has 6 rings (SSSR count). The minimum absolute atomic E-state index is 0.0134. The molecule has 6 nitrogen and oxygen atoms in total. The van der Waals surface area contributed by atoms with E-state index in [2.05, 4.69) is 22.3 Å². The number of benzene rings is 3. The number of amides is 1. The first-order valence-corrected chi connectivity index (χ1v) is 11.2. The van der Waals surface area contributed by atoms with Crippen molar-refractivity contribution in [1.82, 2.24) is 15.0 Å². The second-order valence-electron chi connectivity index (χ2n) is 8.71. The summed E-state index contributed by atoms with van der Waals surface area (Å²) in [6, 6.07) is 27.5. The lowest BCUT2D eigenvalue weighted by atomic mass is 9.93. The second-order valence-corrected chi connectivity index (χ2v) is 8.71. The molecule has 2 fully saturated rings.